The number of hydrogen-bond donors (Lipinski definition) is 2. The van der Waals surface area contributed by atoms with E-state index in [1.54, 1.807) is 13.8 Å². The highest BCUT2D eigenvalue weighted by molar-refractivity contribution is 5.81. The Kier molecular flexibility index (Phi) is 1.45. The molecule has 52 valence electrons. The summed E-state index contributed by atoms with van der Waals surface area (Å²) in [5, 5.41) is 11.8. The zero-order valence-electron chi connectivity index (χ0n) is 5.59. The summed E-state index contributed by atoms with van der Waals surface area (Å²) in [5.41, 5.74) is 0. The van der Waals surface area contributed by atoms with E-state index in [0.717, 1.165) is 0 Å². The van der Waals surface area contributed by atoms with Gasteiger partial charge in [-0.1, -0.05) is 6.92 Å². The Balaban J connectivity index is 2.65. The second-order valence-electron chi connectivity index (χ2n) is 2.58. The van der Waals surface area contributed by atoms with E-state index in [2.05, 4.69) is 5.32 Å². The number of nitrogens with one attached hydrogen (secondary N) is 1. The Morgan fingerprint density at radius 1 is 1.56 bits per heavy atom. The summed E-state index contributed by atoms with van der Waals surface area (Å²) >= 11 is 0. The summed E-state index contributed by atoms with van der Waals surface area (Å²) in [6.07, 6.45) is -0.502. The molecule has 3 heteroatoms. The standard InChI is InChI=1S/C6H11NO2/c1-3-5(8)4(2)7-6(3)9/h3-5,8H,1-2H3,(H,7,9)/t3-,4-,5+/m1/s1. The third-order valence-electron chi connectivity index (χ3n) is 1.81. The molecule has 9 heavy (non-hydrogen) atoms. The van der Waals surface area contributed by atoms with Crippen molar-refractivity contribution in [3.8, 4) is 0 Å². The maximum Gasteiger partial charge on any atom is 0.225 e. The number of amides is 1. The fraction of sp³-hybridized carbons (Fsp3) is 0.833. The van der Waals surface area contributed by atoms with Crippen LogP contribution < -0.4 is 5.32 Å². The molecule has 0 spiro atoms. The van der Waals surface area contributed by atoms with Crippen LogP contribution in [0.15, 0.2) is 0 Å². The van der Waals surface area contributed by atoms with E-state index in [9.17, 15) is 4.79 Å². The minimum atomic E-state index is -0.502. The van der Waals surface area contributed by atoms with Gasteiger partial charge in [0, 0.05) is 0 Å². The fourth-order valence-corrected chi connectivity index (χ4v) is 1.03. The molecule has 1 fully saturated rings. The average Bonchev–Trinajstić information content (AvgIpc) is 1.98. The van der Waals surface area contributed by atoms with Crippen LogP contribution in [0.4, 0.5) is 0 Å². The monoisotopic (exact) mass is 129 g/mol. The van der Waals surface area contributed by atoms with Crippen LogP contribution in [0.3, 0.4) is 0 Å². The van der Waals surface area contributed by atoms with Crippen LogP contribution in [0.2, 0.25) is 0 Å². The molecule has 1 aliphatic rings. The SMILES string of the molecule is C[C@H]1NC(=O)[C@H](C)[C@@H]1O. The topological polar surface area (TPSA) is 49.3 Å². The number of carbonyl (C=O) groups is 1. The van der Waals surface area contributed by atoms with Crippen molar-refractivity contribution in [2.24, 2.45) is 5.92 Å². The minimum Gasteiger partial charge on any atom is -0.390 e. The second kappa shape index (κ2) is 1.99. The second-order valence-corrected chi connectivity index (χ2v) is 2.58. The summed E-state index contributed by atoms with van der Waals surface area (Å²) < 4.78 is 0. The zero-order chi connectivity index (χ0) is 7.02. The van der Waals surface area contributed by atoms with E-state index in [1.165, 1.54) is 0 Å². The van der Waals surface area contributed by atoms with E-state index in [0.29, 0.717) is 0 Å². The number of aliphatic hydroxyl groups excluding tert-OH is 1. The van der Waals surface area contributed by atoms with Crippen LogP contribution in [0.5, 0.6) is 0 Å². The van der Waals surface area contributed by atoms with Gasteiger partial charge < -0.3 is 10.4 Å². The Morgan fingerprint density at radius 3 is 2.22 bits per heavy atom. The first-order valence-corrected chi connectivity index (χ1v) is 3.11. The summed E-state index contributed by atoms with van der Waals surface area (Å²) in [6.45, 7) is 3.52. The van der Waals surface area contributed by atoms with Crippen molar-refractivity contribution >= 4 is 5.91 Å². The lowest BCUT2D eigenvalue weighted by Crippen LogP contribution is -2.27. The molecule has 1 rings (SSSR count). The van der Waals surface area contributed by atoms with Crippen molar-refractivity contribution in [1.29, 1.82) is 0 Å². The molecule has 1 heterocycles. The molecule has 3 atom stereocenters. The van der Waals surface area contributed by atoms with Gasteiger partial charge in [0.25, 0.3) is 0 Å². The molecule has 2 N–H and O–H groups in total. The molecule has 1 amide bonds. The van der Waals surface area contributed by atoms with Gasteiger partial charge in [-0.25, -0.2) is 0 Å². The van der Waals surface area contributed by atoms with Crippen molar-refractivity contribution in [2.45, 2.75) is 26.0 Å². The highest BCUT2D eigenvalue weighted by Gasteiger charge is 2.34. The van der Waals surface area contributed by atoms with Crippen LogP contribution in [0.1, 0.15) is 13.8 Å². The van der Waals surface area contributed by atoms with Crippen molar-refractivity contribution < 1.29 is 9.90 Å². The Morgan fingerprint density at radius 2 is 2.11 bits per heavy atom. The lowest BCUT2D eigenvalue weighted by molar-refractivity contribution is -0.123. The highest BCUT2D eigenvalue weighted by atomic mass is 16.3. The summed E-state index contributed by atoms with van der Waals surface area (Å²) in [4.78, 5) is 10.7. The number of rotatable bonds is 0. The lowest BCUT2D eigenvalue weighted by Gasteiger charge is -2.07. The summed E-state index contributed by atoms with van der Waals surface area (Å²) in [6, 6.07) is -0.0764. The Labute approximate surface area is 54.1 Å². The van der Waals surface area contributed by atoms with Gasteiger partial charge >= 0.3 is 0 Å². The molecule has 1 aliphatic heterocycles. The number of hydrogen-bond acceptors (Lipinski definition) is 2. The lowest BCUT2D eigenvalue weighted by atomic mass is 10.1. The van der Waals surface area contributed by atoms with Crippen molar-refractivity contribution in [3.05, 3.63) is 0 Å². The third kappa shape index (κ3) is 0.920. The largest absolute Gasteiger partial charge is 0.390 e. The average molecular weight is 129 g/mol. The molecule has 0 bridgehead atoms. The third-order valence-corrected chi connectivity index (χ3v) is 1.81. The quantitative estimate of drug-likeness (QED) is 0.463. The molecule has 0 radical (unpaired) electrons. The molecule has 1 saturated heterocycles. The van der Waals surface area contributed by atoms with Gasteiger partial charge in [-0.15, -0.1) is 0 Å². The van der Waals surface area contributed by atoms with Gasteiger partial charge in [0.05, 0.1) is 18.1 Å². The van der Waals surface area contributed by atoms with E-state index in [-0.39, 0.29) is 17.9 Å². The first-order chi connectivity index (χ1) is 4.13. The van der Waals surface area contributed by atoms with Crippen LogP contribution in [0, 0.1) is 5.92 Å². The molecule has 0 aliphatic carbocycles. The normalized spacial score (nSPS) is 43.0. The van der Waals surface area contributed by atoms with Gasteiger partial charge in [-0.2, -0.15) is 0 Å². The van der Waals surface area contributed by atoms with E-state index in [1.807, 2.05) is 0 Å². The first kappa shape index (κ1) is 6.55. The molecule has 0 saturated carbocycles. The van der Waals surface area contributed by atoms with E-state index >= 15 is 0 Å². The molecule has 3 nitrogen and oxygen atoms in total. The molecular formula is C6H11NO2. The van der Waals surface area contributed by atoms with Crippen molar-refractivity contribution in [3.63, 3.8) is 0 Å². The predicted octanol–water partition coefficient (Wildman–Crippen LogP) is -0.498. The molecule has 0 aromatic carbocycles. The van der Waals surface area contributed by atoms with Crippen molar-refractivity contribution in [2.75, 3.05) is 0 Å². The van der Waals surface area contributed by atoms with Gasteiger partial charge in [-0.05, 0) is 6.92 Å². The van der Waals surface area contributed by atoms with Gasteiger partial charge in [0.15, 0.2) is 0 Å². The maximum atomic E-state index is 10.7. The van der Waals surface area contributed by atoms with Crippen LogP contribution in [-0.2, 0) is 4.79 Å². The smallest absolute Gasteiger partial charge is 0.225 e. The number of aliphatic hydroxyl groups is 1. The number of carbonyl (C=O) groups excluding carboxylic acids is 1. The molecule has 0 aromatic heterocycles. The maximum absolute atomic E-state index is 10.7. The summed E-state index contributed by atoms with van der Waals surface area (Å²) in [7, 11) is 0. The van der Waals surface area contributed by atoms with Crippen LogP contribution >= 0.6 is 0 Å². The fourth-order valence-electron chi connectivity index (χ4n) is 1.03. The van der Waals surface area contributed by atoms with E-state index < -0.39 is 6.10 Å². The highest BCUT2D eigenvalue weighted by Crippen LogP contribution is 2.14. The van der Waals surface area contributed by atoms with Crippen LogP contribution in [-0.4, -0.2) is 23.2 Å². The predicted molar refractivity (Wildman–Crippen MR) is 32.8 cm³/mol. The van der Waals surface area contributed by atoms with Crippen LogP contribution in [0.25, 0.3) is 0 Å². The molecule has 0 aromatic rings. The minimum absolute atomic E-state index is 0.0463. The Hall–Kier alpha value is -0.570. The molecular weight excluding hydrogens is 118 g/mol. The van der Waals surface area contributed by atoms with Gasteiger partial charge in [0.2, 0.25) is 5.91 Å². The van der Waals surface area contributed by atoms with Crippen molar-refractivity contribution in [1.82, 2.24) is 5.32 Å². The van der Waals surface area contributed by atoms with E-state index in [4.69, 9.17) is 5.11 Å². The Bertz CT molecular complexity index is 135. The molecule has 0 unspecified atom stereocenters. The summed E-state index contributed by atoms with van der Waals surface area (Å²) in [5.74, 6) is -0.282. The first-order valence-electron chi connectivity index (χ1n) is 3.11. The zero-order valence-corrected chi connectivity index (χ0v) is 5.59. The van der Waals surface area contributed by atoms with Gasteiger partial charge in [-0.3, -0.25) is 4.79 Å². The van der Waals surface area contributed by atoms with Gasteiger partial charge in [0.1, 0.15) is 0 Å².